The largest absolute Gasteiger partial charge is 0.352 e. The Bertz CT molecular complexity index is 1300. The van der Waals surface area contributed by atoms with Crippen LogP contribution in [0.4, 0.5) is 0 Å². The first-order valence-corrected chi connectivity index (χ1v) is 13.3. The number of nitrogens with one attached hydrogen (secondary N) is 3. The maximum absolute atomic E-state index is 12.6. The van der Waals surface area contributed by atoms with Crippen molar-refractivity contribution in [3.63, 3.8) is 0 Å². The molecule has 1 unspecified atom stereocenters. The van der Waals surface area contributed by atoms with Gasteiger partial charge in [0.25, 0.3) is 5.91 Å². The number of rotatable bonds is 11. The number of aromatic amines is 1. The number of primary sulfonamides is 1. The second-order valence-electron chi connectivity index (χ2n) is 7.65. The van der Waals surface area contributed by atoms with Gasteiger partial charge in [-0.15, -0.1) is 11.8 Å². The fourth-order valence-corrected chi connectivity index (χ4v) is 4.54. The topological polar surface area (TPSA) is 158 Å². The number of benzene rings is 2. The summed E-state index contributed by atoms with van der Waals surface area (Å²) in [6, 6.07) is 18.8. The molecule has 3 aromatic rings. The van der Waals surface area contributed by atoms with Crippen LogP contribution in [0.2, 0.25) is 0 Å². The number of aromatic nitrogens is 1. The van der Waals surface area contributed by atoms with Gasteiger partial charge in [0.15, 0.2) is 0 Å². The van der Waals surface area contributed by atoms with Gasteiger partial charge in [0.1, 0.15) is 11.8 Å². The van der Waals surface area contributed by atoms with Crippen LogP contribution in [0.1, 0.15) is 40.5 Å². The number of amides is 2. The molecule has 3 rings (SSSR count). The smallest absolute Gasteiger partial charge is 0.252 e. The van der Waals surface area contributed by atoms with Crippen molar-refractivity contribution in [3.05, 3.63) is 83.7 Å². The van der Waals surface area contributed by atoms with Crippen LogP contribution in [-0.2, 0) is 14.8 Å². The SMILES string of the molecule is N#Cc1cc(C(=O)NCCCC(NC(=O)CSc2ccc(S(N)(=O)=O)cc2)c2ccccc2)c[nH]1. The van der Waals surface area contributed by atoms with Gasteiger partial charge in [-0.1, -0.05) is 30.3 Å². The first kappa shape index (κ1) is 26.0. The Labute approximate surface area is 208 Å². The van der Waals surface area contributed by atoms with Gasteiger partial charge in [0.2, 0.25) is 15.9 Å². The number of nitriles is 1. The molecule has 1 heterocycles. The van der Waals surface area contributed by atoms with E-state index in [1.54, 1.807) is 12.1 Å². The lowest BCUT2D eigenvalue weighted by atomic mass is 10.0. The average Bonchev–Trinajstić information content (AvgIpc) is 3.34. The third-order valence-corrected chi connectivity index (χ3v) is 7.02. The van der Waals surface area contributed by atoms with E-state index in [0.717, 1.165) is 10.5 Å². The molecule has 0 bridgehead atoms. The van der Waals surface area contributed by atoms with E-state index in [-0.39, 0.29) is 28.5 Å². The molecule has 0 fully saturated rings. The zero-order valence-corrected chi connectivity index (χ0v) is 20.4. The Morgan fingerprint density at radius 2 is 1.83 bits per heavy atom. The van der Waals surface area contributed by atoms with Gasteiger partial charge in [0, 0.05) is 17.6 Å². The van der Waals surface area contributed by atoms with Crippen molar-refractivity contribution in [1.82, 2.24) is 15.6 Å². The minimum Gasteiger partial charge on any atom is -0.352 e. The molecule has 0 saturated carbocycles. The number of hydrogen-bond acceptors (Lipinski definition) is 6. The second kappa shape index (κ2) is 12.2. The third-order valence-electron chi connectivity index (χ3n) is 5.08. The summed E-state index contributed by atoms with van der Waals surface area (Å²) < 4.78 is 22.7. The van der Waals surface area contributed by atoms with Crippen LogP contribution in [0.25, 0.3) is 0 Å². The molecular weight excluding hydrogens is 486 g/mol. The number of nitrogens with two attached hydrogens (primary N) is 1. The Morgan fingerprint density at radius 3 is 2.46 bits per heavy atom. The lowest BCUT2D eigenvalue weighted by molar-refractivity contribution is -0.119. The summed E-state index contributed by atoms with van der Waals surface area (Å²) in [7, 11) is -3.76. The quantitative estimate of drug-likeness (QED) is 0.229. The number of sulfonamides is 1. The monoisotopic (exact) mass is 511 g/mol. The average molecular weight is 512 g/mol. The maximum Gasteiger partial charge on any atom is 0.252 e. The highest BCUT2D eigenvalue weighted by atomic mass is 32.2. The molecule has 0 radical (unpaired) electrons. The van der Waals surface area contributed by atoms with Crippen LogP contribution in [0.3, 0.4) is 0 Å². The highest BCUT2D eigenvalue weighted by molar-refractivity contribution is 8.00. The fraction of sp³-hybridized carbons (Fsp3) is 0.208. The molecule has 1 atom stereocenters. The molecule has 1 aromatic heterocycles. The number of nitrogens with zero attached hydrogens (tertiary/aromatic N) is 1. The van der Waals surface area contributed by atoms with E-state index in [1.807, 2.05) is 36.4 Å². The first-order valence-electron chi connectivity index (χ1n) is 10.7. The van der Waals surface area contributed by atoms with Crippen LogP contribution in [0.15, 0.2) is 76.7 Å². The van der Waals surface area contributed by atoms with Gasteiger partial charge in [-0.2, -0.15) is 5.26 Å². The second-order valence-corrected chi connectivity index (χ2v) is 10.3. The molecule has 0 aliphatic heterocycles. The summed E-state index contributed by atoms with van der Waals surface area (Å²) in [5, 5.41) is 19.8. The number of carbonyl (C=O) groups excluding carboxylic acids is 2. The van der Waals surface area contributed by atoms with E-state index in [2.05, 4.69) is 15.6 Å². The molecule has 0 saturated heterocycles. The zero-order valence-electron chi connectivity index (χ0n) is 18.7. The van der Waals surface area contributed by atoms with Crippen LogP contribution in [-0.4, -0.2) is 37.5 Å². The lowest BCUT2D eigenvalue weighted by Crippen LogP contribution is -2.31. The minimum atomic E-state index is -3.76. The molecular formula is C24H25N5O4S2. The van der Waals surface area contributed by atoms with Crippen LogP contribution in [0.5, 0.6) is 0 Å². The molecule has 182 valence electrons. The van der Waals surface area contributed by atoms with Crippen molar-refractivity contribution in [3.8, 4) is 6.07 Å². The van der Waals surface area contributed by atoms with Gasteiger partial charge in [0.05, 0.1) is 22.3 Å². The summed E-state index contributed by atoms with van der Waals surface area (Å²) in [6.45, 7) is 0.413. The van der Waals surface area contributed by atoms with Crippen LogP contribution in [0, 0.1) is 11.3 Å². The van der Waals surface area contributed by atoms with E-state index >= 15 is 0 Å². The number of H-pyrrole nitrogens is 1. The maximum atomic E-state index is 12.6. The Hall–Kier alpha value is -3.59. The lowest BCUT2D eigenvalue weighted by Gasteiger charge is -2.19. The predicted octanol–water partition coefficient (Wildman–Crippen LogP) is 2.69. The van der Waals surface area contributed by atoms with E-state index in [4.69, 9.17) is 10.4 Å². The van der Waals surface area contributed by atoms with Gasteiger partial charge >= 0.3 is 0 Å². The molecule has 0 aliphatic carbocycles. The molecule has 2 amide bonds. The van der Waals surface area contributed by atoms with E-state index in [0.29, 0.717) is 30.6 Å². The Morgan fingerprint density at radius 1 is 1.11 bits per heavy atom. The normalized spacial score (nSPS) is 11.9. The van der Waals surface area contributed by atoms with Crippen molar-refractivity contribution in [2.45, 2.75) is 28.7 Å². The van der Waals surface area contributed by atoms with Crippen molar-refractivity contribution in [2.24, 2.45) is 5.14 Å². The van der Waals surface area contributed by atoms with Gasteiger partial charge in [-0.3, -0.25) is 9.59 Å². The molecule has 35 heavy (non-hydrogen) atoms. The van der Waals surface area contributed by atoms with Crippen molar-refractivity contribution in [2.75, 3.05) is 12.3 Å². The summed E-state index contributed by atoms with van der Waals surface area (Å²) in [4.78, 5) is 28.3. The highest BCUT2D eigenvalue weighted by Gasteiger charge is 2.16. The highest BCUT2D eigenvalue weighted by Crippen LogP contribution is 2.22. The summed E-state index contributed by atoms with van der Waals surface area (Å²) in [5.41, 5.74) is 1.67. The molecule has 5 N–H and O–H groups in total. The predicted molar refractivity (Wildman–Crippen MR) is 133 cm³/mol. The Kier molecular flexibility index (Phi) is 9.08. The molecule has 0 spiro atoms. The molecule has 0 aliphatic rings. The van der Waals surface area contributed by atoms with E-state index < -0.39 is 10.0 Å². The standard InChI is InChI=1S/C24H25N5O4S2/c25-14-19-13-18(15-28-19)24(31)27-12-4-7-22(17-5-2-1-3-6-17)29-23(30)16-34-20-8-10-21(11-9-20)35(26,32)33/h1-3,5-6,8-11,13,15,22,28H,4,7,12,16H2,(H,27,31)(H,29,30)(H2,26,32,33). The van der Waals surface area contributed by atoms with E-state index in [1.165, 1.54) is 36.2 Å². The number of hydrogen-bond donors (Lipinski definition) is 4. The first-order chi connectivity index (χ1) is 16.8. The van der Waals surface area contributed by atoms with Crippen molar-refractivity contribution >= 4 is 33.6 Å². The summed E-state index contributed by atoms with van der Waals surface area (Å²) in [6.07, 6.45) is 2.73. The summed E-state index contributed by atoms with van der Waals surface area (Å²) in [5.74, 6) is -0.281. The zero-order chi connectivity index (χ0) is 25.3. The molecule has 9 nitrogen and oxygen atoms in total. The van der Waals surface area contributed by atoms with Gasteiger partial charge in [-0.25, -0.2) is 13.6 Å². The Balaban J connectivity index is 1.52. The van der Waals surface area contributed by atoms with Gasteiger partial charge in [-0.05, 0) is 48.7 Å². The third kappa shape index (κ3) is 7.99. The number of carbonyl (C=O) groups is 2. The minimum absolute atomic E-state index is 0.0181. The van der Waals surface area contributed by atoms with Crippen molar-refractivity contribution < 1.29 is 18.0 Å². The van der Waals surface area contributed by atoms with Crippen LogP contribution >= 0.6 is 11.8 Å². The number of thioether (sulfide) groups is 1. The molecule has 2 aromatic carbocycles. The molecule has 11 heteroatoms. The van der Waals surface area contributed by atoms with E-state index in [9.17, 15) is 18.0 Å². The fourth-order valence-electron chi connectivity index (χ4n) is 3.32. The van der Waals surface area contributed by atoms with Gasteiger partial charge < -0.3 is 15.6 Å². The summed E-state index contributed by atoms with van der Waals surface area (Å²) >= 11 is 1.29. The van der Waals surface area contributed by atoms with Crippen molar-refractivity contribution in [1.29, 1.82) is 5.26 Å². The van der Waals surface area contributed by atoms with Crippen LogP contribution < -0.4 is 15.8 Å².